The number of likely N-dealkylation sites (N-methyl/N-ethyl adjacent to an activating group) is 1. The van der Waals surface area contributed by atoms with Crippen LogP contribution in [0.1, 0.15) is 11.1 Å². The number of carbonyl (C=O) groups is 1. The van der Waals surface area contributed by atoms with Crippen LogP contribution in [0, 0.1) is 6.92 Å². The largest absolute Gasteiger partial charge is 0.492 e. The van der Waals surface area contributed by atoms with Gasteiger partial charge in [-0.2, -0.15) is 0 Å². The molecule has 1 aliphatic heterocycles. The van der Waals surface area contributed by atoms with Gasteiger partial charge in [-0.05, 0) is 43.0 Å². The molecular formula is C23H23N3O2S. The normalized spacial score (nSPS) is 17.1. The van der Waals surface area contributed by atoms with Crippen LogP contribution < -0.4 is 4.74 Å². The highest BCUT2D eigenvalue weighted by atomic mass is 32.2. The van der Waals surface area contributed by atoms with E-state index in [0.29, 0.717) is 11.5 Å². The number of fused-ring (bicyclic) bond motifs is 1. The number of aryl methyl sites for hydroxylation is 1. The minimum Gasteiger partial charge on any atom is -0.492 e. The van der Waals surface area contributed by atoms with Crippen LogP contribution in [-0.4, -0.2) is 41.2 Å². The molecule has 5 nitrogen and oxygen atoms in total. The summed E-state index contributed by atoms with van der Waals surface area (Å²) in [5.41, 5.74) is 3.37. The SMILES string of the molecule is CN=C1S/C(=C\c2cn(CCOc3ccc(C)cc3)c3ccccc23)C(=O)N1C. The third kappa shape index (κ3) is 3.93. The highest BCUT2D eigenvalue weighted by Gasteiger charge is 2.30. The van der Waals surface area contributed by atoms with Gasteiger partial charge in [0.1, 0.15) is 12.4 Å². The van der Waals surface area contributed by atoms with Crippen LogP contribution in [0.3, 0.4) is 0 Å². The summed E-state index contributed by atoms with van der Waals surface area (Å²) in [6, 6.07) is 16.3. The lowest BCUT2D eigenvalue weighted by Crippen LogP contribution is -2.23. The number of aromatic nitrogens is 1. The summed E-state index contributed by atoms with van der Waals surface area (Å²) in [5.74, 6) is 0.854. The quantitative estimate of drug-likeness (QED) is 0.585. The number of carbonyl (C=O) groups excluding carboxylic acids is 1. The first-order valence-electron chi connectivity index (χ1n) is 9.48. The number of aliphatic imine (C=N–C) groups is 1. The van der Waals surface area contributed by atoms with Crippen molar-refractivity contribution in [2.45, 2.75) is 13.5 Å². The lowest BCUT2D eigenvalue weighted by Gasteiger charge is -2.08. The first-order chi connectivity index (χ1) is 14.1. The number of nitrogens with zero attached hydrogens (tertiary/aromatic N) is 3. The van der Waals surface area contributed by atoms with Crippen LogP contribution in [0.4, 0.5) is 0 Å². The second-order valence-corrected chi connectivity index (χ2v) is 7.95. The van der Waals surface area contributed by atoms with E-state index in [0.717, 1.165) is 33.9 Å². The predicted molar refractivity (Wildman–Crippen MR) is 120 cm³/mol. The molecule has 1 saturated heterocycles. The van der Waals surface area contributed by atoms with E-state index in [4.69, 9.17) is 4.74 Å². The number of ether oxygens (including phenoxy) is 1. The highest BCUT2D eigenvalue weighted by Crippen LogP contribution is 2.33. The van der Waals surface area contributed by atoms with E-state index in [9.17, 15) is 4.79 Å². The molecule has 1 amide bonds. The summed E-state index contributed by atoms with van der Waals surface area (Å²) in [6.07, 6.45) is 4.05. The van der Waals surface area contributed by atoms with E-state index in [-0.39, 0.29) is 5.91 Å². The number of para-hydroxylation sites is 1. The second-order valence-electron chi connectivity index (χ2n) is 6.94. The molecule has 0 N–H and O–H groups in total. The van der Waals surface area contributed by atoms with E-state index >= 15 is 0 Å². The van der Waals surface area contributed by atoms with Crippen LogP contribution in [0.5, 0.6) is 5.75 Å². The van der Waals surface area contributed by atoms with E-state index in [1.165, 1.54) is 17.3 Å². The minimum atomic E-state index is -0.0184. The molecule has 3 aromatic rings. The van der Waals surface area contributed by atoms with Gasteiger partial charge in [0, 0.05) is 36.8 Å². The maximum atomic E-state index is 12.5. The Labute approximate surface area is 174 Å². The van der Waals surface area contributed by atoms with Crippen molar-refractivity contribution < 1.29 is 9.53 Å². The molecule has 148 valence electrons. The van der Waals surface area contributed by atoms with Crippen molar-refractivity contribution in [1.82, 2.24) is 9.47 Å². The van der Waals surface area contributed by atoms with E-state index in [2.05, 4.69) is 34.8 Å². The van der Waals surface area contributed by atoms with E-state index in [1.807, 2.05) is 42.5 Å². The Morgan fingerprint density at radius 3 is 2.62 bits per heavy atom. The van der Waals surface area contributed by atoms with E-state index < -0.39 is 0 Å². The molecule has 0 spiro atoms. The standard InChI is InChI=1S/C23H23N3O2S/c1-16-8-10-18(11-9-16)28-13-12-26-15-17(19-6-4-5-7-20(19)26)14-21-22(27)25(3)23(24-2)29-21/h4-11,14-15H,12-13H2,1-3H3/b21-14-,24-23?. The molecule has 0 radical (unpaired) electrons. The third-order valence-corrected chi connectivity index (χ3v) is 6.07. The molecule has 1 aromatic heterocycles. The molecule has 0 atom stereocenters. The Morgan fingerprint density at radius 2 is 1.90 bits per heavy atom. The topological polar surface area (TPSA) is 46.8 Å². The molecule has 2 aromatic carbocycles. The Morgan fingerprint density at radius 1 is 1.14 bits per heavy atom. The highest BCUT2D eigenvalue weighted by molar-refractivity contribution is 8.18. The van der Waals surface area contributed by atoms with Gasteiger partial charge < -0.3 is 9.30 Å². The van der Waals surface area contributed by atoms with Crippen LogP contribution in [-0.2, 0) is 11.3 Å². The maximum Gasteiger partial charge on any atom is 0.266 e. The lowest BCUT2D eigenvalue weighted by atomic mass is 10.1. The van der Waals surface area contributed by atoms with Gasteiger partial charge >= 0.3 is 0 Å². The number of amidine groups is 1. The molecule has 0 saturated carbocycles. The molecule has 2 heterocycles. The van der Waals surface area contributed by atoms with Gasteiger partial charge in [-0.1, -0.05) is 35.9 Å². The van der Waals surface area contributed by atoms with Crippen molar-refractivity contribution in [3.63, 3.8) is 0 Å². The first kappa shape index (κ1) is 19.3. The molecule has 1 aliphatic rings. The van der Waals surface area contributed by atoms with Gasteiger partial charge in [0.2, 0.25) is 0 Å². The molecule has 1 fully saturated rings. The lowest BCUT2D eigenvalue weighted by molar-refractivity contribution is -0.121. The monoisotopic (exact) mass is 405 g/mol. The van der Waals surface area contributed by atoms with Crippen molar-refractivity contribution in [3.05, 3.63) is 70.8 Å². The fourth-order valence-corrected chi connectivity index (χ4v) is 4.28. The van der Waals surface area contributed by atoms with Gasteiger partial charge in [0.25, 0.3) is 5.91 Å². The number of hydrogen-bond acceptors (Lipinski definition) is 4. The summed E-state index contributed by atoms with van der Waals surface area (Å²) in [5, 5.41) is 1.84. The molecule has 6 heteroatoms. The maximum absolute atomic E-state index is 12.5. The van der Waals surface area contributed by atoms with Crippen molar-refractivity contribution in [3.8, 4) is 5.75 Å². The van der Waals surface area contributed by atoms with Crippen LogP contribution in [0.25, 0.3) is 17.0 Å². The number of rotatable bonds is 5. The Hall–Kier alpha value is -2.99. The zero-order valence-corrected chi connectivity index (χ0v) is 17.6. The van der Waals surface area contributed by atoms with Gasteiger partial charge in [-0.25, -0.2) is 0 Å². The fraction of sp³-hybridized carbons (Fsp3) is 0.217. The summed E-state index contributed by atoms with van der Waals surface area (Å²) < 4.78 is 8.08. The minimum absolute atomic E-state index is 0.0184. The number of amides is 1. The van der Waals surface area contributed by atoms with Crippen LogP contribution in [0.2, 0.25) is 0 Å². The average Bonchev–Trinajstić information content (AvgIpc) is 3.22. The van der Waals surface area contributed by atoms with E-state index in [1.54, 1.807) is 19.0 Å². The third-order valence-electron chi connectivity index (χ3n) is 4.92. The van der Waals surface area contributed by atoms with Gasteiger partial charge in [-0.3, -0.25) is 14.7 Å². The van der Waals surface area contributed by atoms with Crippen LogP contribution >= 0.6 is 11.8 Å². The average molecular weight is 406 g/mol. The predicted octanol–water partition coefficient (Wildman–Crippen LogP) is 4.56. The van der Waals surface area contributed by atoms with Crippen molar-refractivity contribution >= 4 is 39.8 Å². The number of benzene rings is 2. The molecule has 4 rings (SSSR count). The summed E-state index contributed by atoms with van der Waals surface area (Å²) in [6.45, 7) is 3.35. The van der Waals surface area contributed by atoms with Crippen molar-refractivity contribution in [1.29, 1.82) is 0 Å². The smallest absolute Gasteiger partial charge is 0.266 e. The molecule has 0 bridgehead atoms. The van der Waals surface area contributed by atoms with Crippen LogP contribution in [0.15, 0.2) is 64.6 Å². The molecule has 29 heavy (non-hydrogen) atoms. The first-order valence-corrected chi connectivity index (χ1v) is 10.3. The molecular weight excluding hydrogens is 382 g/mol. The zero-order chi connectivity index (χ0) is 20.4. The fourth-order valence-electron chi connectivity index (χ4n) is 3.36. The molecule has 0 aliphatic carbocycles. The van der Waals surface area contributed by atoms with Crippen molar-refractivity contribution in [2.75, 3.05) is 20.7 Å². The summed E-state index contributed by atoms with van der Waals surface area (Å²) in [7, 11) is 3.46. The Bertz CT molecular complexity index is 1110. The Kier molecular flexibility index (Phi) is 5.45. The summed E-state index contributed by atoms with van der Waals surface area (Å²) in [4.78, 5) is 19.0. The van der Waals surface area contributed by atoms with Gasteiger partial charge in [0.15, 0.2) is 5.17 Å². The second kappa shape index (κ2) is 8.17. The molecule has 0 unspecified atom stereocenters. The van der Waals surface area contributed by atoms with Crippen molar-refractivity contribution in [2.24, 2.45) is 4.99 Å². The number of hydrogen-bond donors (Lipinski definition) is 0. The zero-order valence-electron chi connectivity index (χ0n) is 16.8. The number of thioether (sulfide) groups is 1. The van der Waals surface area contributed by atoms with Gasteiger partial charge in [0.05, 0.1) is 11.4 Å². The Balaban J connectivity index is 1.58. The summed E-state index contributed by atoms with van der Waals surface area (Å²) >= 11 is 1.41. The van der Waals surface area contributed by atoms with Gasteiger partial charge in [-0.15, -0.1) is 0 Å².